The molecule has 126 valence electrons. The number of esters is 1. The van der Waals surface area contributed by atoms with Crippen LogP contribution in [0.4, 0.5) is 4.79 Å². The molecule has 0 saturated heterocycles. The summed E-state index contributed by atoms with van der Waals surface area (Å²) in [6.07, 6.45) is 1.31. The maximum Gasteiger partial charge on any atom is 0.329 e. The monoisotopic (exact) mass is 402 g/mol. The summed E-state index contributed by atoms with van der Waals surface area (Å²) in [5.41, 5.74) is 5.50. The number of ketones is 1. The van der Waals surface area contributed by atoms with Gasteiger partial charge in [0.1, 0.15) is 6.04 Å². The average Bonchev–Trinajstić information content (AvgIpc) is 2.50. The molecule has 0 spiro atoms. The van der Waals surface area contributed by atoms with Crippen molar-refractivity contribution < 1.29 is 19.1 Å². The summed E-state index contributed by atoms with van der Waals surface area (Å²) in [7, 11) is 0. The molecule has 0 radical (unpaired) electrons. The summed E-state index contributed by atoms with van der Waals surface area (Å²) in [6, 6.07) is 5.09. The number of Topliss-reactive ketones (excluding diaryl/α,β-unsaturated/α-hetero) is 1. The summed E-state index contributed by atoms with van der Waals surface area (Å²) in [6.45, 7) is 1.50. The van der Waals surface area contributed by atoms with Crippen LogP contribution in [0.3, 0.4) is 0 Å². The Bertz CT molecular complexity index is 565. The number of carbonyl (C=O) groups is 3. The molecule has 0 aromatic heterocycles. The molecule has 1 aromatic carbocycles. The fourth-order valence-electron chi connectivity index (χ4n) is 1.82. The first-order valence-corrected chi connectivity index (χ1v) is 9.09. The normalized spacial score (nSPS) is 13.0. The van der Waals surface area contributed by atoms with Crippen LogP contribution in [0.2, 0.25) is 0 Å². The standard InChI is InChI=1S/C15H19BrN2O4S/c1-9(13(19)10-3-5-11(16)6-4-10)22-14(20)12(7-8-23-2)18-15(17)21/h3-6,9,12H,7-8H2,1-2H3,(H3,17,18,21)/t9-,12-/m1/s1. The van der Waals surface area contributed by atoms with Crippen LogP contribution >= 0.6 is 27.7 Å². The summed E-state index contributed by atoms with van der Waals surface area (Å²) < 4.78 is 6.03. The number of ether oxygens (including phenoxy) is 1. The zero-order valence-electron chi connectivity index (χ0n) is 12.9. The minimum atomic E-state index is -0.949. The van der Waals surface area contributed by atoms with E-state index in [1.165, 1.54) is 18.7 Å². The van der Waals surface area contributed by atoms with E-state index in [0.717, 1.165) is 4.47 Å². The van der Waals surface area contributed by atoms with Crippen molar-refractivity contribution in [1.82, 2.24) is 5.32 Å². The van der Waals surface area contributed by atoms with Crippen molar-refractivity contribution in [3.63, 3.8) is 0 Å². The fraction of sp³-hybridized carbons (Fsp3) is 0.400. The molecule has 6 nitrogen and oxygen atoms in total. The molecule has 2 amide bonds. The van der Waals surface area contributed by atoms with Gasteiger partial charge < -0.3 is 15.8 Å². The summed E-state index contributed by atoms with van der Waals surface area (Å²) in [5, 5.41) is 2.34. The van der Waals surface area contributed by atoms with Crippen molar-refractivity contribution in [2.45, 2.75) is 25.5 Å². The van der Waals surface area contributed by atoms with Gasteiger partial charge in [-0.1, -0.05) is 28.1 Å². The Kier molecular flexibility index (Phi) is 8.11. The minimum absolute atomic E-state index is 0.312. The maximum absolute atomic E-state index is 12.2. The molecule has 0 saturated carbocycles. The van der Waals surface area contributed by atoms with E-state index in [2.05, 4.69) is 21.2 Å². The molecule has 0 heterocycles. The van der Waals surface area contributed by atoms with Crippen LogP contribution in [0.1, 0.15) is 23.7 Å². The Balaban J connectivity index is 2.70. The molecular weight excluding hydrogens is 384 g/mol. The van der Waals surface area contributed by atoms with E-state index >= 15 is 0 Å². The van der Waals surface area contributed by atoms with Gasteiger partial charge in [0.05, 0.1) is 0 Å². The highest BCUT2D eigenvalue weighted by atomic mass is 79.9. The second-order valence-corrected chi connectivity index (χ2v) is 6.69. The Hall–Kier alpha value is -1.54. The summed E-state index contributed by atoms with van der Waals surface area (Å²) in [4.78, 5) is 35.3. The summed E-state index contributed by atoms with van der Waals surface area (Å²) in [5.74, 6) is -0.334. The van der Waals surface area contributed by atoms with Gasteiger partial charge >= 0.3 is 12.0 Å². The first-order chi connectivity index (χ1) is 10.8. The maximum atomic E-state index is 12.2. The molecule has 0 aliphatic heterocycles. The number of urea groups is 1. The van der Waals surface area contributed by atoms with Crippen LogP contribution in [0, 0.1) is 0 Å². The lowest BCUT2D eigenvalue weighted by Crippen LogP contribution is -2.46. The molecule has 3 N–H and O–H groups in total. The highest BCUT2D eigenvalue weighted by Crippen LogP contribution is 2.14. The van der Waals surface area contributed by atoms with Crippen molar-refractivity contribution in [3.8, 4) is 0 Å². The van der Waals surface area contributed by atoms with Gasteiger partial charge in [-0.15, -0.1) is 0 Å². The minimum Gasteiger partial charge on any atom is -0.453 e. The van der Waals surface area contributed by atoms with Crippen molar-refractivity contribution in [2.75, 3.05) is 12.0 Å². The highest BCUT2D eigenvalue weighted by Gasteiger charge is 2.26. The van der Waals surface area contributed by atoms with Gasteiger partial charge in [0.2, 0.25) is 5.78 Å². The third-order valence-electron chi connectivity index (χ3n) is 3.00. The highest BCUT2D eigenvalue weighted by molar-refractivity contribution is 9.10. The number of nitrogens with one attached hydrogen (secondary N) is 1. The van der Waals surface area contributed by atoms with Crippen LogP contribution in [-0.4, -0.2) is 41.9 Å². The van der Waals surface area contributed by atoms with Gasteiger partial charge in [-0.2, -0.15) is 11.8 Å². The number of thioether (sulfide) groups is 1. The zero-order valence-corrected chi connectivity index (χ0v) is 15.3. The van der Waals surface area contributed by atoms with Crippen LogP contribution < -0.4 is 11.1 Å². The van der Waals surface area contributed by atoms with Gasteiger partial charge in [-0.25, -0.2) is 9.59 Å². The van der Waals surface area contributed by atoms with E-state index in [-0.39, 0.29) is 5.78 Å². The molecule has 1 aromatic rings. The number of benzene rings is 1. The van der Waals surface area contributed by atoms with Gasteiger partial charge in [0, 0.05) is 10.0 Å². The number of rotatable bonds is 8. The molecule has 0 unspecified atom stereocenters. The Morgan fingerprint density at radius 2 is 1.91 bits per heavy atom. The number of carbonyl (C=O) groups excluding carboxylic acids is 3. The number of hydrogen-bond donors (Lipinski definition) is 2. The fourth-order valence-corrected chi connectivity index (χ4v) is 2.55. The van der Waals surface area contributed by atoms with Gasteiger partial charge in [-0.3, -0.25) is 4.79 Å². The molecule has 0 bridgehead atoms. The average molecular weight is 403 g/mol. The lowest BCUT2D eigenvalue weighted by molar-refractivity contribution is -0.148. The van der Waals surface area contributed by atoms with Crippen LogP contribution in [0.15, 0.2) is 28.7 Å². The van der Waals surface area contributed by atoms with Crippen molar-refractivity contribution in [2.24, 2.45) is 5.73 Å². The topological polar surface area (TPSA) is 98.5 Å². The molecule has 0 aliphatic carbocycles. The Morgan fingerprint density at radius 3 is 2.43 bits per heavy atom. The van der Waals surface area contributed by atoms with E-state index in [1.54, 1.807) is 24.3 Å². The smallest absolute Gasteiger partial charge is 0.329 e. The largest absolute Gasteiger partial charge is 0.453 e. The van der Waals surface area contributed by atoms with E-state index in [1.807, 2.05) is 6.26 Å². The first-order valence-electron chi connectivity index (χ1n) is 6.90. The first kappa shape index (κ1) is 19.5. The molecule has 0 aliphatic rings. The van der Waals surface area contributed by atoms with Gasteiger partial charge in [0.15, 0.2) is 6.10 Å². The zero-order chi connectivity index (χ0) is 17.4. The van der Waals surface area contributed by atoms with Crippen LogP contribution in [-0.2, 0) is 9.53 Å². The van der Waals surface area contributed by atoms with Gasteiger partial charge in [-0.05, 0) is 37.5 Å². The molecular formula is C15H19BrN2O4S. The van der Waals surface area contributed by atoms with Gasteiger partial charge in [0.25, 0.3) is 0 Å². The van der Waals surface area contributed by atoms with Crippen molar-refractivity contribution >= 4 is 45.5 Å². The SMILES string of the molecule is CSCC[C@@H](NC(N)=O)C(=O)O[C@H](C)C(=O)c1ccc(Br)cc1. The lowest BCUT2D eigenvalue weighted by Gasteiger charge is -2.19. The lowest BCUT2D eigenvalue weighted by atomic mass is 10.1. The summed E-state index contributed by atoms with van der Waals surface area (Å²) >= 11 is 4.81. The molecule has 23 heavy (non-hydrogen) atoms. The second kappa shape index (κ2) is 9.57. The third-order valence-corrected chi connectivity index (χ3v) is 4.18. The number of hydrogen-bond acceptors (Lipinski definition) is 5. The quantitative estimate of drug-likeness (QED) is 0.513. The molecule has 1 rings (SSSR count). The Labute approximate surface area is 147 Å². The van der Waals surface area contributed by atoms with Crippen LogP contribution in [0.25, 0.3) is 0 Å². The molecule has 0 fully saturated rings. The van der Waals surface area contributed by atoms with E-state index in [9.17, 15) is 14.4 Å². The predicted molar refractivity (Wildman–Crippen MR) is 93.5 cm³/mol. The second-order valence-electron chi connectivity index (χ2n) is 4.79. The van der Waals surface area contributed by atoms with Crippen molar-refractivity contribution in [3.05, 3.63) is 34.3 Å². The van der Waals surface area contributed by atoms with E-state index in [4.69, 9.17) is 10.5 Å². The van der Waals surface area contributed by atoms with E-state index in [0.29, 0.717) is 17.7 Å². The Morgan fingerprint density at radius 1 is 1.30 bits per heavy atom. The van der Waals surface area contributed by atoms with E-state index < -0.39 is 24.1 Å². The number of primary amides is 1. The molecule has 8 heteroatoms. The molecule has 2 atom stereocenters. The van der Waals surface area contributed by atoms with Crippen molar-refractivity contribution in [1.29, 1.82) is 0 Å². The predicted octanol–water partition coefficient (Wildman–Crippen LogP) is 2.35. The third kappa shape index (κ3) is 6.62. The van der Waals surface area contributed by atoms with Crippen LogP contribution in [0.5, 0.6) is 0 Å². The number of amides is 2. The number of halogens is 1. The number of nitrogens with two attached hydrogens (primary N) is 1.